The molecule has 7 heteroatoms. The Morgan fingerprint density at radius 1 is 0.935 bits per heavy atom. The van der Waals surface area contributed by atoms with E-state index in [1.807, 2.05) is 86.6 Å². The Hall–Kier alpha value is -3.03. The van der Waals surface area contributed by atoms with Crippen molar-refractivity contribution in [3.8, 4) is 5.75 Å². The van der Waals surface area contributed by atoms with Crippen LogP contribution in [0, 0.1) is 6.92 Å². The molecule has 1 unspecified atom stereocenters. The Balaban J connectivity index is 1.58. The lowest BCUT2D eigenvalue weighted by atomic mass is 10.2. The first-order chi connectivity index (χ1) is 14.9. The van der Waals surface area contributed by atoms with Crippen molar-refractivity contribution < 1.29 is 9.53 Å². The maximum absolute atomic E-state index is 12.6. The van der Waals surface area contributed by atoms with Crippen LogP contribution in [0.4, 0.5) is 17.1 Å². The molecule has 31 heavy (non-hydrogen) atoms. The Labute approximate surface area is 192 Å². The van der Waals surface area contributed by atoms with E-state index in [1.54, 1.807) is 7.11 Å². The summed E-state index contributed by atoms with van der Waals surface area (Å²) in [4.78, 5) is 13.6. The van der Waals surface area contributed by atoms with Gasteiger partial charge in [-0.05, 0) is 68.5 Å². The molecule has 160 valence electrons. The highest BCUT2D eigenvalue weighted by Gasteiger charge is 2.16. The highest BCUT2D eigenvalue weighted by molar-refractivity contribution is 8.00. The number of ether oxygens (including phenoxy) is 1. The third-order valence-electron chi connectivity index (χ3n) is 4.45. The molecule has 1 atom stereocenters. The SMILES string of the molecule is COc1ccccc1NC(=O)C(C)Sc1cccc(NC(=S)Nc2ccc(C)cc2)c1. The number of anilines is 3. The topological polar surface area (TPSA) is 62.4 Å². The van der Waals surface area contributed by atoms with Gasteiger partial charge in [-0.1, -0.05) is 35.9 Å². The zero-order chi connectivity index (χ0) is 22.2. The minimum absolute atomic E-state index is 0.0931. The number of hydrogen-bond donors (Lipinski definition) is 3. The van der Waals surface area contributed by atoms with Crippen LogP contribution in [0.25, 0.3) is 0 Å². The summed E-state index contributed by atoms with van der Waals surface area (Å²) in [5.74, 6) is 0.540. The quantitative estimate of drug-likeness (QED) is 0.306. The van der Waals surface area contributed by atoms with Crippen molar-refractivity contribution >= 4 is 52.1 Å². The van der Waals surface area contributed by atoms with Crippen LogP contribution in [0.5, 0.6) is 5.75 Å². The highest BCUT2D eigenvalue weighted by Crippen LogP contribution is 2.28. The number of thioether (sulfide) groups is 1. The van der Waals surface area contributed by atoms with Crippen molar-refractivity contribution in [2.45, 2.75) is 24.0 Å². The molecule has 0 spiro atoms. The third kappa shape index (κ3) is 6.73. The molecule has 0 aliphatic rings. The van der Waals surface area contributed by atoms with Crippen LogP contribution in [0.3, 0.4) is 0 Å². The molecule has 3 aromatic carbocycles. The minimum atomic E-state index is -0.294. The van der Waals surface area contributed by atoms with Gasteiger partial charge in [-0.25, -0.2) is 0 Å². The second-order valence-corrected chi connectivity index (χ2v) is 8.75. The van der Waals surface area contributed by atoms with Gasteiger partial charge in [-0.3, -0.25) is 4.79 Å². The summed E-state index contributed by atoms with van der Waals surface area (Å²) in [6.07, 6.45) is 0. The highest BCUT2D eigenvalue weighted by atomic mass is 32.2. The Kier molecular flexibility index (Phi) is 7.92. The van der Waals surface area contributed by atoms with Crippen molar-refractivity contribution in [3.63, 3.8) is 0 Å². The number of nitrogens with one attached hydrogen (secondary N) is 3. The van der Waals surface area contributed by atoms with Crippen LogP contribution < -0.4 is 20.7 Å². The van der Waals surface area contributed by atoms with Gasteiger partial charge in [0.25, 0.3) is 0 Å². The van der Waals surface area contributed by atoms with Crippen LogP contribution in [0.1, 0.15) is 12.5 Å². The first-order valence-corrected chi connectivity index (χ1v) is 11.1. The smallest absolute Gasteiger partial charge is 0.237 e. The number of carbonyl (C=O) groups excluding carboxylic acids is 1. The largest absolute Gasteiger partial charge is 0.495 e. The Morgan fingerprint density at radius 2 is 1.65 bits per heavy atom. The lowest BCUT2D eigenvalue weighted by molar-refractivity contribution is -0.115. The molecule has 1 amide bonds. The lowest BCUT2D eigenvalue weighted by Crippen LogP contribution is -2.22. The lowest BCUT2D eigenvalue weighted by Gasteiger charge is -2.15. The maximum atomic E-state index is 12.6. The van der Waals surface area contributed by atoms with Gasteiger partial charge in [0.2, 0.25) is 5.91 Å². The molecular weight excluding hydrogens is 426 g/mol. The predicted octanol–water partition coefficient (Wildman–Crippen LogP) is 5.93. The number of hydrogen-bond acceptors (Lipinski definition) is 4. The molecular formula is C24H25N3O2S2. The standard InChI is InChI=1S/C24H25N3O2S2/c1-16-11-13-18(14-12-16)25-24(30)26-19-7-6-8-20(15-19)31-17(2)23(28)27-21-9-4-5-10-22(21)29-3/h4-15,17H,1-3H3,(H,27,28)(H2,25,26,30). The van der Waals surface area contributed by atoms with E-state index in [9.17, 15) is 4.79 Å². The van der Waals surface area contributed by atoms with E-state index in [1.165, 1.54) is 17.3 Å². The van der Waals surface area contributed by atoms with Gasteiger partial charge in [0.15, 0.2) is 5.11 Å². The summed E-state index contributed by atoms with van der Waals surface area (Å²) in [5, 5.41) is 9.51. The van der Waals surface area contributed by atoms with Crippen LogP contribution in [-0.4, -0.2) is 23.4 Å². The van der Waals surface area contributed by atoms with Gasteiger partial charge in [0.05, 0.1) is 18.0 Å². The van der Waals surface area contributed by atoms with Crippen LogP contribution in [0.2, 0.25) is 0 Å². The second kappa shape index (κ2) is 10.8. The molecule has 0 radical (unpaired) electrons. The average Bonchev–Trinajstić information content (AvgIpc) is 2.76. The van der Waals surface area contributed by atoms with Crippen LogP contribution in [-0.2, 0) is 4.79 Å². The molecule has 0 heterocycles. The predicted molar refractivity (Wildman–Crippen MR) is 134 cm³/mol. The van der Waals surface area contributed by atoms with E-state index >= 15 is 0 Å². The number of rotatable bonds is 7. The maximum Gasteiger partial charge on any atom is 0.237 e. The normalized spacial score (nSPS) is 11.3. The number of para-hydroxylation sites is 2. The first-order valence-electron chi connectivity index (χ1n) is 9.80. The second-order valence-electron chi connectivity index (χ2n) is 6.92. The zero-order valence-corrected chi connectivity index (χ0v) is 19.3. The van der Waals surface area contributed by atoms with E-state index in [-0.39, 0.29) is 11.2 Å². The summed E-state index contributed by atoms with van der Waals surface area (Å²) in [6, 6.07) is 23.2. The van der Waals surface area contributed by atoms with E-state index in [4.69, 9.17) is 17.0 Å². The summed E-state index contributed by atoms with van der Waals surface area (Å²) in [7, 11) is 1.58. The number of methoxy groups -OCH3 is 1. The monoisotopic (exact) mass is 451 g/mol. The van der Waals surface area contributed by atoms with Crippen molar-refractivity contribution in [2.75, 3.05) is 23.1 Å². The number of thiocarbonyl (C=S) groups is 1. The fourth-order valence-corrected chi connectivity index (χ4v) is 3.98. The molecule has 0 saturated carbocycles. The summed E-state index contributed by atoms with van der Waals surface area (Å²) in [6.45, 7) is 3.92. The Bertz CT molecular complexity index is 1050. The van der Waals surface area contributed by atoms with Gasteiger partial charge in [-0.15, -0.1) is 11.8 Å². The number of amides is 1. The molecule has 5 nitrogen and oxygen atoms in total. The summed E-state index contributed by atoms with van der Waals surface area (Å²) >= 11 is 6.89. The van der Waals surface area contributed by atoms with Gasteiger partial charge < -0.3 is 20.7 Å². The van der Waals surface area contributed by atoms with Gasteiger partial charge in [0, 0.05) is 16.3 Å². The summed E-state index contributed by atoms with van der Waals surface area (Å²) < 4.78 is 5.30. The summed E-state index contributed by atoms with van der Waals surface area (Å²) in [5.41, 5.74) is 3.63. The molecule has 3 N–H and O–H groups in total. The van der Waals surface area contributed by atoms with E-state index in [2.05, 4.69) is 16.0 Å². The Morgan fingerprint density at radius 3 is 2.39 bits per heavy atom. The van der Waals surface area contributed by atoms with E-state index in [0.29, 0.717) is 16.5 Å². The van der Waals surface area contributed by atoms with Crippen molar-refractivity contribution in [1.29, 1.82) is 0 Å². The molecule has 0 aromatic heterocycles. The van der Waals surface area contributed by atoms with E-state index in [0.717, 1.165) is 16.3 Å². The van der Waals surface area contributed by atoms with Crippen molar-refractivity contribution in [3.05, 3.63) is 78.4 Å². The van der Waals surface area contributed by atoms with Crippen LogP contribution >= 0.6 is 24.0 Å². The average molecular weight is 452 g/mol. The number of carbonyl (C=O) groups is 1. The van der Waals surface area contributed by atoms with Crippen molar-refractivity contribution in [2.24, 2.45) is 0 Å². The van der Waals surface area contributed by atoms with Crippen LogP contribution in [0.15, 0.2) is 77.7 Å². The number of benzene rings is 3. The van der Waals surface area contributed by atoms with Gasteiger partial charge in [0.1, 0.15) is 5.75 Å². The first kappa shape index (κ1) is 22.7. The van der Waals surface area contributed by atoms with Gasteiger partial charge in [-0.2, -0.15) is 0 Å². The fraction of sp³-hybridized carbons (Fsp3) is 0.167. The third-order valence-corrected chi connectivity index (χ3v) is 5.75. The molecule has 0 fully saturated rings. The van der Waals surface area contributed by atoms with Crippen molar-refractivity contribution in [1.82, 2.24) is 0 Å². The molecule has 3 rings (SSSR count). The van der Waals surface area contributed by atoms with E-state index < -0.39 is 0 Å². The molecule has 0 bridgehead atoms. The molecule has 0 saturated heterocycles. The molecule has 0 aliphatic carbocycles. The zero-order valence-electron chi connectivity index (χ0n) is 17.6. The molecule has 0 aliphatic heterocycles. The molecule has 3 aromatic rings. The van der Waals surface area contributed by atoms with Gasteiger partial charge >= 0.3 is 0 Å². The minimum Gasteiger partial charge on any atom is -0.495 e. The number of aryl methyl sites for hydroxylation is 1. The fourth-order valence-electron chi connectivity index (χ4n) is 2.82.